The van der Waals surface area contributed by atoms with E-state index in [0.717, 1.165) is 16.7 Å². The van der Waals surface area contributed by atoms with Crippen molar-refractivity contribution in [2.45, 2.75) is 39.0 Å². The summed E-state index contributed by atoms with van der Waals surface area (Å²) in [5.74, 6) is 0.854. The van der Waals surface area contributed by atoms with Crippen molar-refractivity contribution in [2.75, 3.05) is 5.88 Å². The Bertz CT molecular complexity index is 145. The van der Waals surface area contributed by atoms with Gasteiger partial charge >= 0.3 is 0 Å². The van der Waals surface area contributed by atoms with E-state index >= 15 is 0 Å². The highest BCUT2D eigenvalue weighted by Gasteiger charge is 2.78. The Hall–Kier alpha value is 0.290. The molecule has 0 aromatic carbocycles. The fourth-order valence-electron chi connectivity index (χ4n) is 2.39. The van der Waals surface area contributed by atoms with E-state index in [9.17, 15) is 0 Å². The average Bonchev–Trinajstić information content (AvgIpc) is 2.54. The summed E-state index contributed by atoms with van der Waals surface area (Å²) >= 11 is 5.60. The molecule has 0 N–H and O–H groups in total. The van der Waals surface area contributed by atoms with Crippen LogP contribution in [0.15, 0.2) is 0 Å². The lowest BCUT2D eigenvalue weighted by molar-refractivity contribution is 0.550. The molecule has 0 aromatic heterocycles. The van der Waals surface area contributed by atoms with Gasteiger partial charge in [-0.25, -0.2) is 0 Å². The molecular weight excluding hydrogens is 144 g/mol. The lowest BCUT2D eigenvalue weighted by atomic mass is 10.1. The first-order valence-electron chi connectivity index (χ1n) is 4.29. The molecular formula is C9H15Cl. The first kappa shape index (κ1) is 6.97. The van der Waals surface area contributed by atoms with Gasteiger partial charge in [0, 0.05) is 5.88 Å². The zero-order valence-corrected chi connectivity index (χ0v) is 7.38. The first-order valence-corrected chi connectivity index (χ1v) is 4.82. The number of hydrogen-bond donors (Lipinski definition) is 0. The van der Waals surface area contributed by atoms with E-state index in [4.69, 9.17) is 11.6 Å². The van der Waals surface area contributed by atoms with E-state index in [2.05, 4.69) is 6.92 Å². The topological polar surface area (TPSA) is 0 Å². The Labute approximate surface area is 68.0 Å². The predicted molar refractivity (Wildman–Crippen MR) is 44.3 cm³/mol. The Kier molecular flexibility index (Phi) is 1.33. The molecule has 2 aliphatic rings. The van der Waals surface area contributed by atoms with E-state index < -0.39 is 0 Å². The summed E-state index contributed by atoms with van der Waals surface area (Å²) in [5.41, 5.74) is 1.67. The highest BCUT2D eigenvalue weighted by atomic mass is 35.5. The zero-order chi connectivity index (χ0) is 7.24. The van der Waals surface area contributed by atoms with Crippen molar-refractivity contribution in [1.29, 1.82) is 0 Å². The third kappa shape index (κ3) is 0.812. The van der Waals surface area contributed by atoms with Crippen molar-refractivity contribution >= 4 is 11.6 Å². The van der Waals surface area contributed by atoms with Crippen LogP contribution >= 0.6 is 11.6 Å². The van der Waals surface area contributed by atoms with E-state index in [1.54, 1.807) is 0 Å². The summed E-state index contributed by atoms with van der Waals surface area (Å²) < 4.78 is 0. The summed E-state index contributed by atoms with van der Waals surface area (Å²) in [4.78, 5) is 0. The summed E-state index contributed by atoms with van der Waals surface area (Å²) in [5, 5.41) is 0. The molecule has 0 heterocycles. The molecule has 0 atom stereocenters. The molecule has 2 fully saturated rings. The summed E-state index contributed by atoms with van der Waals surface area (Å²) in [6, 6.07) is 0. The minimum atomic E-state index is 0.819. The zero-order valence-electron chi connectivity index (χ0n) is 6.62. The third-order valence-electron chi connectivity index (χ3n) is 3.53. The van der Waals surface area contributed by atoms with Crippen LogP contribution in [0.2, 0.25) is 0 Å². The van der Waals surface area contributed by atoms with Crippen LogP contribution in [0.5, 0.6) is 0 Å². The largest absolute Gasteiger partial charge is 0.127 e. The Balaban J connectivity index is 1.66. The molecule has 0 spiro atoms. The van der Waals surface area contributed by atoms with E-state index in [1.165, 1.54) is 32.1 Å². The first-order chi connectivity index (χ1) is 4.72. The minimum absolute atomic E-state index is 0.819. The van der Waals surface area contributed by atoms with E-state index in [0.29, 0.717) is 0 Å². The average molecular weight is 159 g/mol. The number of halogens is 1. The predicted octanol–water partition coefficient (Wildman–Crippen LogP) is 3.20. The second-order valence-corrected chi connectivity index (χ2v) is 4.72. The number of alkyl halides is 1. The van der Waals surface area contributed by atoms with Crippen molar-refractivity contribution in [3.63, 3.8) is 0 Å². The van der Waals surface area contributed by atoms with E-state index in [-0.39, 0.29) is 0 Å². The molecule has 0 aromatic rings. The van der Waals surface area contributed by atoms with Crippen molar-refractivity contribution in [3.05, 3.63) is 0 Å². The number of unbranched alkanes of at least 4 members (excludes halogenated alkanes) is 1. The minimum Gasteiger partial charge on any atom is -0.127 e. The maximum Gasteiger partial charge on any atom is 0.0223 e. The van der Waals surface area contributed by atoms with Gasteiger partial charge in [-0.3, -0.25) is 0 Å². The molecule has 2 aliphatic carbocycles. The van der Waals surface area contributed by atoms with Crippen LogP contribution in [-0.4, -0.2) is 5.88 Å². The molecule has 1 heteroatoms. The number of fused-ring (bicyclic) bond motifs is 1. The monoisotopic (exact) mass is 158 g/mol. The van der Waals surface area contributed by atoms with Crippen LogP contribution in [0.1, 0.15) is 39.0 Å². The summed E-state index contributed by atoms with van der Waals surface area (Å²) in [7, 11) is 0. The van der Waals surface area contributed by atoms with E-state index in [1.807, 2.05) is 0 Å². The molecule has 0 bridgehead atoms. The van der Waals surface area contributed by atoms with Crippen molar-refractivity contribution < 1.29 is 0 Å². The second-order valence-electron chi connectivity index (χ2n) is 4.34. The Morgan fingerprint density at radius 3 is 2.30 bits per heavy atom. The number of hydrogen-bond acceptors (Lipinski definition) is 0. The van der Waals surface area contributed by atoms with Crippen LogP contribution in [-0.2, 0) is 0 Å². The van der Waals surface area contributed by atoms with Crippen molar-refractivity contribution in [1.82, 2.24) is 0 Å². The quantitative estimate of drug-likeness (QED) is 0.436. The lowest BCUT2D eigenvalue weighted by Gasteiger charge is -1.99. The Morgan fingerprint density at radius 1 is 1.30 bits per heavy atom. The van der Waals surface area contributed by atoms with Gasteiger partial charge in [-0.05, 0) is 36.5 Å². The van der Waals surface area contributed by atoms with Gasteiger partial charge in [0.15, 0.2) is 0 Å². The molecule has 0 nitrogen and oxygen atoms in total. The standard InChI is InChI=1S/C9H15Cl/c1-8-6-9(8,7-8)4-2-3-5-10/h2-7H2,1H3. The van der Waals surface area contributed by atoms with Gasteiger partial charge in [-0.15, -0.1) is 11.6 Å². The molecule has 2 saturated carbocycles. The van der Waals surface area contributed by atoms with Gasteiger partial charge in [0.05, 0.1) is 0 Å². The lowest BCUT2D eigenvalue weighted by Crippen LogP contribution is -1.86. The van der Waals surface area contributed by atoms with Gasteiger partial charge in [-0.2, -0.15) is 0 Å². The molecule has 0 radical (unpaired) electrons. The normalized spacial score (nSPS) is 48.6. The van der Waals surface area contributed by atoms with Gasteiger partial charge in [0.2, 0.25) is 0 Å². The van der Waals surface area contributed by atoms with Crippen LogP contribution in [0, 0.1) is 10.8 Å². The van der Waals surface area contributed by atoms with Crippen LogP contribution < -0.4 is 0 Å². The van der Waals surface area contributed by atoms with Gasteiger partial charge in [0.25, 0.3) is 0 Å². The molecule has 2 rings (SSSR count). The van der Waals surface area contributed by atoms with Crippen molar-refractivity contribution in [3.8, 4) is 0 Å². The van der Waals surface area contributed by atoms with Gasteiger partial charge < -0.3 is 0 Å². The molecule has 0 amide bonds. The SMILES string of the molecule is CC12CC1(CCCCCl)C2. The van der Waals surface area contributed by atoms with Crippen LogP contribution in [0.3, 0.4) is 0 Å². The Morgan fingerprint density at radius 2 is 1.90 bits per heavy atom. The number of rotatable bonds is 4. The van der Waals surface area contributed by atoms with Gasteiger partial charge in [-0.1, -0.05) is 13.3 Å². The van der Waals surface area contributed by atoms with Crippen molar-refractivity contribution in [2.24, 2.45) is 10.8 Å². The molecule has 58 valence electrons. The summed E-state index contributed by atoms with van der Waals surface area (Å²) in [6.45, 7) is 2.42. The smallest absolute Gasteiger partial charge is 0.0223 e. The van der Waals surface area contributed by atoms with Gasteiger partial charge in [0.1, 0.15) is 0 Å². The second kappa shape index (κ2) is 1.91. The summed E-state index contributed by atoms with van der Waals surface area (Å²) in [6.07, 6.45) is 7.07. The molecule has 0 unspecified atom stereocenters. The van der Waals surface area contributed by atoms with Crippen LogP contribution in [0.4, 0.5) is 0 Å². The maximum atomic E-state index is 5.60. The molecule has 0 aliphatic heterocycles. The highest BCUT2D eigenvalue weighted by molar-refractivity contribution is 6.17. The fraction of sp³-hybridized carbons (Fsp3) is 1.00. The molecule has 0 saturated heterocycles. The maximum absolute atomic E-state index is 5.60. The van der Waals surface area contributed by atoms with Crippen LogP contribution in [0.25, 0.3) is 0 Å². The third-order valence-corrected chi connectivity index (χ3v) is 3.79. The fourth-order valence-corrected chi connectivity index (χ4v) is 2.58. The molecule has 10 heavy (non-hydrogen) atoms. The highest BCUT2D eigenvalue weighted by Crippen LogP contribution is 2.87.